The molecule has 0 radical (unpaired) electrons. The Morgan fingerprint density at radius 1 is 1.35 bits per heavy atom. The molecule has 0 aliphatic carbocycles. The molecule has 0 amide bonds. The molecule has 0 saturated carbocycles. The van der Waals surface area contributed by atoms with E-state index in [2.05, 4.69) is 11.9 Å². The summed E-state index contributed by atoms with van der Waals surface area (Å²) in [6.45, 7) is 2.70. The predicted molar refractivity (Wildman–Crippen MR) is 79.1 cm³/mol. The molecular weight excluding hydrogens is 254 g/mol. The van der Waals surface area contributed by atoms with Crippen LogP contribution in [-0.4, -0.2) is 33.5 Å². The lowest BCUT2D eigenvalue weighted by Crippen LogP contribution is -2.20. The average Bonchev–Trinajstić information content (AvgIpc) is 2.41. The van der Waals surface area contributed by atoms with Crippen molar-refractivity contribution in [2.24, 2.45) is 0 Å². The number of aromatic hydroxyl groups is 1. The van der Waals surface area contributed by atoms with Crippen molar-refractivity contribution < 1.29 is 5.11 Å². The highest BCUT2D eigenvalue weighted by Crippen LogP contribution is 2.22. The van der Waals surface area contributed by atoms with Gasteiger partial charge in [-0.05, 0) is 33.0 Å². The average molecular weight is 275 g/mol. The van der Waals surface area contributed by atoms with Gasteiger partial charge in [0.15, 0.2) is 11.4 Å². The second-order valence-corrected chi connectivity index (χ2v) is 5.31. The molecule has 0 aliphatic heterocycles. The van der Waals surface area contributed by atoms with E-state index in [9.17, 15) is 9.90 Å². The van der Waals surface area contributed by atoms with E-state index >= 15 is 0 Å². The minimum Gasteiger partial charge on any atom is -0.504 e. The highest BCUT2D eigenvalue weighted by atomic mass is 16.3. The largest absolute Gasteiger partial charge is 0.504 e. The zero-order valence-corrected chi connectivity index (χ0v) is 12.3. The highest BCUT2D eigenvalue weighted by Gasteiger charge is 2.11. The van der Waals surface area contributed by atoms with Gasteiger partial charge in [-0.1, -0.05) is 13.3 Å². The van der Waals surface area contributed by atoms with E-state index in [1.54, 1.807) is 18.5 Å². The van der Waals surface area contributed by atoms with Gasteiger partial charge in [0.05, 0.1) is 0 Å². The van der Waals surface area contributed by atoms with Crippen molar-refractivity contribution in [2.75, 3.05) is 14.1 Å². The Balaban J connectivity index is 2.50. The van der Waals surface area contributed by atoms with Gasteiger partial charge in [-0.2, -0.15) is 0 Å². The van der Waals surface area contributed by atoms with Crippen LogP contribution in [0.25, 0.3) is 5.65 Å². The van der Waals surface area contributed by atoms with Crippen LogP contribution in [0, 0.1) is 0 Å². The van der Waals surface area contributed by atoms with Crippen molar-refractivity contribution in [3.05, 3.63) is 39.9 Å². The molecule has 0 spiro atoms. The molecule has 5 nitrogen and oxygen atoms in total. The number of unbranched alkanes of at least 4 members (excludes halogenated alkanes) is 1. The number of fused-ring (bicyclic) bond motifs is 1. The van der Waals surface area contributed by atoms with E-state index in [-0.39, 0.29) is 11.3 Å². The van der Waals surface area contributed by atoms with Crippen LogP contribution in [0.5, 0.6) is 5.75 Å². The Kier molecular flexibility index (Phi) is 4.39. The Morgan fingerprint density at radius 2 is 2.10 bits per heavy atom. The van der Waals surface area contributed by atoms with Crippen molar-refractivity contribution >= 4 is 5.65 Å². The molecule has 0 atom stereocenters. The normalized spacial score (nSPS) is 11.4. The number of rotatable bonds is 5. The van der Waals surface area contributed by atoms with Gasteiger partial charge in [-0.15, -0.1) is 0 Å². The lowest BCUT2D eigenvalue weighted by molar-refractivity contribution is 0.386. The van der Waals surface area contributed by atoms with Crippen LogP contribution < -0.4 is 5.56 Å². The Bertz CT molecular complexity index is 662. The summed E-state index contributed by atoms with van der Waals surface area (Å²) in [7, 11) is 3.86. The molecule has 2 heterocycles. The fourth-order valence-electron chi connectivity index (χ4n) is 2.21. The van der Waals surface area contributed by atoms with Gasteiger partial charge in [-0.3, -0.25) is 9.20 Å². The van der Waals surface area contributed by atoms with Gasteiger partial charge in [0, 0.05) is 30.1 Å². The van der Waals surface area contributed by atoms with E-state index in [0.717, 1.165) is 24.8 Å². The molecule has 0 aliphatic rings. The van der Waals surface area contributed by atoms with Gasteiger partial charge < -0.3 is 10.0 Å². The molecule has 2 aromatic rings. The SMILES string of the molecule is CCCCc1cnc2c(O)c(CN(C)C)ccn2c1=O. The number of aromatic nitrogens is 2. The monoisotopic (exact) mass is 275 g/mol. The summed E-state index contributed by atoms with van der Waals surface area (Å²) >= 11 is 0. The van der Waals surface area contributed by atoms with Crippen molar-refractivity contribution in [1.29, 1.82) is 0 Å². The van der Waals surface area contributed by atoms with E-state index < -0.39 is 0 Å². The fraction of sp³-hybridized carbons (Fsp3) is 0.467. The molecule has 0 fully saturated rings. The molecule has 2 aromatic heterocycles. The maximum Gasteiger partial charge on any atom is 0.261 e. The summed E-state index contributed by atoms with van der Waals surface area (Å²) < 4.78 is 1.43. The number of nitrogens with zero attached hydrogens (tertiary/aromatic N) is 3. The maximum atomic E-state index is 12.3. The molecule has 2 rings (SSSR count). The second kappa shape index (κ2) is 6.05. The van der Waals surface area contributed by atoms with Crippen molar-refractivity contribution in [2.45, 2.75) is 32.7 Å². The highest BCUT2D eigenvalue weighted by molar-refractivity contribution is 5.56. The van der Waals surface area contributed by atoms with E-state index in [1.807, 2.05) is 19.0 Å². The Labute approximate surface area is 118 Å². The van der Waals surface area contributed by atoms with Gasteiger partial charge >= 0.3 is 0 Å². The third kappa shape index (κ3) is 2.82. The molecule has 0 aromatic carbocycles. The minimum absolute atomic E-state index is 0.0836. The third-order valence-electron chi connectivity index (χ3n) is 3.29. The van der Waals surface area contributed by atoms with Crippen LogP contribution in [0.1, 0.15) is 30.9 Å². The molecule has 5 heteroatoms. The molecule has 0 saturated heterocycles. The number of hydrogen-bond acceptors (Lipinski definition) is 4. The second-order valence-electron chi connectivity index (χ2n) is 5.31. The van der Waals surface area contributed by atoms with Gasteiger partial charge in [0.1, 0.15) is 0 Å². The van der Waals surface area contributed by atoms with Crippen LogP contribution in [0.3, 0.4) is 0 Å². The van der Waals surface area contributed by atoms with Crippen molar-refractivity contribution in [1.82, 2.24) is 14.3 Å². The van der Waals surface area contributed by atoms with Crippen LogP contribution in [0.4, 0.5) is 0 Å². The van der Waals surface area contributed by atoms with E-state index in [1.165, 1.54) is 4.40 Å². The zero-order chi connectivity index (χ0) is 14.7. The summed E-state index contributed by atoms with van der Waals surface area (Å²) in [5, 5.41) is 10.2. The minimum atomic E-state index is -0.0878. The zero-order valence-electron chi connectivity index (χ0n) is 12.3. The molecule has 108 valence electrons. The summed E-state index contributed by atoms with van der Waals surface area (Å²) in [5.74, 6) is 0.0836. The molecule has 0 unspecified atom stereocenters. The van der Waals surface area contributed by atoms with Crippen LogP contribution in [-0.2, 0) is 13.0 Å². The topological polar surface area (TPSA) is 57.8 Å². The molecule has 20 heavy (non-hydrogen) atoms. The van der Waals surface area contributed by atoms with Crippen LogP contribution >= 0.6 is 0 Å². The lowest BCUT2D eigenvalue weighted by atomic mass is 10.1. The fourth-order valence-corrected chi connectivity index (χ4v) is 2.21. The number of aryl methyl sites for hydroxylation is 1. The van der Waals surface area contributed by atoms with Crippen LogP contribution in [0.2, 0.25) is 0 Å². The Morgan fingerprint density at radius 3 is 2.75 bits per heavy atom. The first-order chi connectivity index (χ1) is 9.54. The molecule has 1 N–H and O–H groups in total. The maximum absolute atomic E-state index is 12.3. The lowest BCUT2D eigenvalue weighted by Gasteiger charge is -2.13. The first kappa shape index (κ1) is 14.5. The first-order valence-corrected chi connectivity index (χ1v) is 6.90. The van der Waals surface area contributed by atoms with Gasteiger partial charge in [-0.25, -0.2) is 4.98 Å². The van der Waals surface area contributed by atoms with Crippen molar-refractivity contribution in [3.63, 3.8) is 0 Å². The summed E-state index contributed by atoms with van der Waals surface area (Å²) in [4.78, 5) is 18.5. The molecular formula is C15H21N3O2. The predicted octanol–water partition coefficient (Wildman–Crippen LogP) is 1.80. The third-order valence-corrected chi connectivity index (χ3v) is 3.29. The van der Waals surface area contributed by atoms with E-state index in [4.69, 9.17) is 0 Å². The summed E-state index contributed by atoms with van der Waals surface area (Å²) in [6.07, 6.45) is 6.01. The van der Waals surface area contributed by atoms with Gasteiger partial charge in [0.2, 0.25) is 0 Å². The van der Waals surface area contributed by atoms with E-state index in [0.29, 0.717) is 17.8 Å². The quantitative estimate of drug-likeness (QED) is 0.904. The standard InChI is InChI=1S/C15H21N3O2/c1-4-5-6-11-9-16-14-13(19)12(10-17(2)3)7-8-18(14)15(11)20/h7-9,19H,4-6,10H2,1-3H3. The summed E-state index contributed by atoms with van der Waals surface area (Å²) in [5.41, 5.74) is 1.71. The summed E-state index contributed by atoms with van der Waals surface area (Å²) in [6, 6.07) is 1.77. The number of hydrogen-bond donors (Lipinski definition) is 1. The Hall–Kier alpha value is -1.88. The molecule has 0 bridgehead atoms. The van der Waals surface area contributed by atoms with Crippen molar-refractivity contribution in [3.8, 4) is 5.75 Å². The van der Waals surface area contributed by atoms with Crippen LogP contribution in [0.15, 0.2) is 23.3 Å². The number of pyridine rings is 1. The van der Waals surface area contributed by atoms with Gasteiger partial charge in [0.25, 0.3) is 5.56 Å². The first-order valence-electron chi connectivity index (χ1n) is 6.90. The smallest absolute Gasteiger partial charge is 0.261 e.